The molecule has 3 heteroatoms. The molecule has 0 fully saturated rings. The van der Waals surface area contributed by atoms with Crippen LogP contribution < -0.4 is 5.73 Å². The SMILES string of the molecule is CC(C)(CN)c1ncc(-c2ccc3c(c2)CCCC3)[nH]1. The fraction of sp³-hybridized carbons (Fsp3) is 0.471. The van der Waals surface area contributed by atoms with Crippen molar-refractivity contribution in [3.63, 3.8) is 0 Å². The zero-order valence-electron chi connectivity index (χ0n) is 12.4. The lowest BCUT2D eigenvalue weighted by molar-refractivity contribution is 0.508. The maximum atomic E-state index is 5.82. The Kier molecular flexibility index (Phi) is 3.38. The van der Waals surface area contributed by atoms with Gasteiger partial charge in [-0.2, -0.15) is 0 Å². The first-order chi connectivity index (χ1) is 9.60. The van der Waals surface area contributed by atoms with E-state index in [2.05, 4.69) is 42.0 Å². The summed E-state index contributed by atoms with van der Waals surface area (Å²) in [6.07, 6.45) is 7.00. The third-order valence-electron chi connectivity index (χ3n) is 4.39. The van der Waals surface area contributed by atoms with Gasteiger partial charge < -0.3 is 10.7 Å². The molecule has 0 saturated carbocycles. The minimum absolute atomic E-state index is 0.105. The van der Waals surface area contributed by atoms with Gasteiger partial charge in [0.2, 0.25) is 0 Å². The number of imidazole rings is 1. The fourth-order valence-electron chi connectivity index (χ4n) is 2.81. The largest absolute Gasteiger partial charge is 0.342 e. The van der Waals surface area contributed by atoms with Gasteiger partial charge in [-0.25, -0.2) is 4.98 Å². The van der Waals surface area contributed by atoms with E-state index >= 15 is 0 Å². The zero-order chi connectivity index (χ0) is 14.2. The Hall–Kier alpha value is -1.61. The van der Waals surface area contributed by atoms with E-state index in [-0.39, 0.29) is 5.41 Å². The second kappa shape index (κ2) is 5.06. The number of aryl methyl sites for hydroxylation is 2. The highest BCUT2D eigenvalue weighted by Gasteiger charge is 2.22. The first kappa shape index (κ1) is 13.4. The fourth-order valence-corrected chi connectivity index (χ4v) is 2.81. The summed E-state index contributed by atoms with van der Waals surface area (Å²) in [4.78, 5) is 7.95. The van der Waals surface area contributed by atoms with Crippen LogP contribution in [0.3, 0.4) is 0 Å². The van der Waals surface area contributed by atoms with Gasteiger partial charge in [0, 0.05) is 12.0 Å². The van der Waals surface area contributed by atoms with Crippen LogP contribution in [0.25, 0.3) is 11.3 Å². The quantitative estimate of drug-likeness (QED) is 0.899. The number of nitrogens with one attached hydrogen (secondary N) is 1. The zero-order valence-corrected chi connectivity index (χ0v) is 12.4. The molecule has 3 nitrogen and oxygen atoms in total. The highest BCUT2D eigenvalue weighted by molar-refractivity contribution is 5.61. The van der Waals surface area contributed by atoms with E-state index in [9.17, 15) is 0 Å². The summed E-state index contributed by atoms with van der Waals surface area (Å²) in [5.74, 6) is 0.965. The van der Waals surface area contributed by atoms with E-state index in [1.54, 1.807) is 0 Å². The standard InChI is InChI=1S/C17H23N3/c1-17(2,11-18)16-19-10-15(20-16)14-8-7-12-5-3-4-6-13(12)9-14/h7-10H,3-6,11,18H2,1-2H3,(H,19,20). The second-order valence-corrected chi connectivity index (χ2v) is 6.42. The third kappa shape index (κ3) is 2.38. The summed E-state index contributed by atoms with van der Waals surface area (Å²) in [7, 11) is 0. The van der Waals surface area contributed by atoms with Crippen LogP contribution in [0.2, 0.25) is 0 Å². The minimum atomic E-state index is -0.105. The Morgan fingerprint density at radius 3 is 2.70 bits per heavy atom. The first-order valence-electron chi connectivity index (χ1n) is 7.48. The van der Waals surface area contributed by atoms with Crippen molar-refractivity contribution in [2.24, 2.45) is 5.73 Å². The summed E-state index contributed by atoms with van der Waals surface area (Å²) >= 11 is 0. The van der Waals surface area contributed by atoms with Gasteiger partial charge in [-0.3, -0.25) is 0 Å². The average Bonchev–Trinajstić information content (AvgIpc) is 2.97. The van der Waals surface area contributed by atoms with Gasteiger partial charge in [0.25, 0.3) is 0 Å². The number of hydrogen-bond donors (Lipinski definition) is 2. The Morgan fingerprint density at radius 2 is 1.95 bits per heavy atom. The average molecular weight is 269 g/mol. The molecule has 1 heterocycles. The Balaban J connectivity index is 1.94. The monoisotopic (exact) mass is 269 g/mol. The lowest BCUT2D eigenvalue weighted by Crippen LogP contribution is -2.29. The molecule has 3 N–H and O–H groups in total. The lowest BCUT2D eigenvalue weighted by atomic mass is 9.90. The van der Waals surface area contributed by atoms with Crippen molar-refractivity contribution in [3.05, 3.63) is 41.3 Å². The highest BCUT2D eigenvalue weighted by atomic mass is 14.9. The summed E-state index contributed by atoms with van der Waals surface area (Å²) in [6, 6.07) is 6.80. The summed E-state index contributed by atoms with van der Waals surface area (Å²) in [5, 5.41) is 0. The van der Waals surface area contributed by atoms with Crippen LogP contribution in [-0.4, -0.2) is 16.5 Å². The Bertz CT molecular complexity index is 610. The van der Waals surface area contributed by atoms with Crippen LogP contribution in [0.5, 0.6) is 0 Å². The highest BCUT2D eigenvalue weighted by Crippen LogP contribution is 2.28. The van der Waals surface area contributed by atoms with Gasteiger partial charge in [-0.1, -0.05) is 26.0 Å². The molecule has 0 unspecified atom stereocenters. The van der Waals surface area contributed by atoms with Crippen molar-refractivity contribution in [2.75, 3.05) is 6.54 Å². The molecule has 1 aliphatic rings. The number of rotatable bonds is 3. The van der Waals surface area contributed by atoms with Crippen molar-refractivity contribution >= 4 is 0 Å². The van der Waals surface area contributed by atoms with Crippen molar-refractivity contribution < 1.29 is 0 Å². The van der Waals surface area contributed by atoms with Gasteiger partial charge in [-0.05, 0) is 48.4 Å². The van der Waals surface area contributed by atoms with Crippen molar-refractivity contribution in [3.8, 4) is 11.3 Å². The molecular formula is C17H23N3. The van der Waals surface area contributed by atoms with E-state index in [1.165, 1.54) is 42.4 Å². The van der Waals surface area contributed by atoms with Crippen LogP contribution in [0, 0.1) is 0 Å². The molecule has 0 spiro atoms. The molecule has 106 valence electrons. The van der Waals surface area contributed by atoms with Crippen LogP contribution in [0.15, 0.2) is 24.4 Å². The molecule has 0 bridgehead atoms. The number of nitrogens with two attached hydrogens (primary N) is 1. The van der Waals surface area contributed by atoms with Gasteiger partial charge in [0.05, 0.1) is 11.9 Å². The predicted molar refractivity (Wildman–Crippen MR) is 82.7 cm³/mol. The first-order valence-corrected chi connectivity index (χ1v) is 7.48. The molecule has 1 aliphatic carbocycles. The second-order valence-electron chi connectivity index (χ2n) is 6.42. The minimum Gasteiger partial charge on any atom is -0.342 e. The van der Waals surface area contributed by atoms with Crippen LogP contribution in [0.1, 0.15) is 43.6 Å². The molecular weight excluding hydrogens is 246 g/mol. The maximum Gasteiger partial charge on any atom is 0.113 e. The summed E-state index contributed by atoms with van der Waals surface area (Å²) in [6.45, 7) is 4.81. The van der Waals surface area contributed by atoms with Crippen LogP contribution in [0.4, 0.5) is 0 Å². The number of benzene rings is 1. The lowest BCUT2D eigenvalue weighted by Gasteiger charge is -2.19. The van der Waals surface area contributed by atoms with E-state index in [1.807, 2.05) is 6.20 Å². The molecule has 0 saturated heterocycles. The maximum absolute atomic E-state index is 5.82. The molecule has 1 aromatic heterocycles. The number of nitrogens with zero attached hydrogens (tertiary/aromatic N) is 1. The number of aromatic nitrogens is 2. The Labute approximate surface area is 120 Å². The molecule has 0 aliphatic heterocycles. The molecule has 0 radical (unpaired) electrons. The van der Waals surface area contributed by atoms with E-state index < -0.39 is 0 Å². The van der Waals surface area contributed by atoms with Gasteiger partial charge in [0.1, 0.15) is 5.82 Å². The van der Waals surface area contributed by atoms with E-state index in [0.717, 1.165) is 11.5 Å². The summed E-state index contributed by atoms with van der Waals surface area (Å²) in [5.41, 5.74) is 11.1. The van der Waals surface area contributed by atoms with Crippen molar-refractivity contribution in [1.82, 2.24) is 9.97 Å². The van der Waals surface area contributed by atoms with E-state index in [0.29, 0.717) is 6.54 Å². The molecule has 0 atom stereocenters. The van der Waals surface area contributed by atoms with Gasteiger partial charge in [-0.15, -0.1) is 0 Å². The number of aromatic amines is 1. The van der Waals surface area contributed by atoms with Crippen molar-refractivity contribution in [1.29, 1.82) is 0 Å². The molecule has 0 amide bonds. The molecule has 3 rings (SSSR count). The van der Waals surface area contributed by atoms with Gasteiger partial charge >= 0.3 is 0 Å². The van der Waals surface area contributed by atoms with Crippen molar-refractivity contribution in [2.45, 2.75) is 44.9 Å². The number of fused-ring (bicyclic) bond motifs is 1. The smallest absolute Gasteiger partial charge is 0.113 e. The third-order valence-corrected chi connectivity index (χ3v) is 4.39. The van der Waals surface area contributed by atoms with Crippen LogP contribution in [-0.2, 0) is 18.3 Å². The molecule has 2 aromatic rings. The molecule has 20 heavy (non-hydrogen) atoms. The Morgan fingerprint density at radius 1 is 1.20 bits per heavy atom. The molecule has 1 aromatic carbocycles. The van der Waals surface area contributed by atoms with Gasteiger partial charge in [0.15, 0.2) is 0 Å². The normalized spacial score (nSPS) is 15.2. The topological polar surface area (TPSA) is 54.7 Å². The van der Waals surface area contributed by atoms with E-state index in [4.69, 9.17) is 5.73 Å². The number of hydrogen-bond acceptors (Lipinski definition) is 2. The summed E-state index contributed by atoms with van der Waals surface area (Å²) < 4.78 is 0. The number of H-pyrrole nitrogens is 1. The predicted octanol–water partition coefficient (Wildman–Crippen LogP) is 3.19. The van der Waals surface area contributed by atoms with Crippen LogP contribution >= 0.6 is 0 Å².